The fraction of sp³-hybridized carbons (Fsp3) is 0.500. The topological polar surface area (TPSA) is 50.4 Å². The quantitative estimate of drug-likeness (QED) is 0.876. The fourth-order valence-electron chi connectivity index (χ4n) is 2.24. The first-order valence-corrected chi connectivity index (χ1v) is 6.88. The molecule has 0 radical (unpaired) electrons. The van der Waals surface area contributed by atoms with E-state index in [1.165, 1.54) is 0 Å². The third kappa shape index (κ3) is 4.63. The van der Waals surface area contributed by atoms with Crippen molar-refractivity contribution in [2.24, 2.45) is 0 Å². The molecule has 0 aromatic heterocycles. The summed E-state index contributed by atoms with van der Waals surface area (Å²) in [4.78, 5) is 11.9. The van der Waals surface area contributed by atoms with Crippen molar-refractivity contribution in [3.63, 3.8) is 0 Å². The summed E-state index contributed by atoms with van der Waals surface area (Å²) in [7, 11) is 1.64. The number of benzene rings is 1. The zero-order chi connectivity index (χ0) is 13.7. The fourth-order valence-corrected chi connectivity index (χ4v) is 2.37. The summed E-state index contributed by atoms with van der Waals surface area (Å²) in [6.07, 6.45) is 1.82. The summed E-state index contributed by atoms with van der Waals surface area (Å²) in [5.41, 5.74) is 1.01. The molecule has 2 unspecified atom stereocenters. The lowest BCUT2D eigenvalue weighted by Gasteiger charge is -2.18. The molecule has 0 bridgehead atoms. The van der Waals surface area contributed by atoms with E-state index in [1.54, 1.807) is 7.11 Å². The molecule has 0 spiro atoms. The van der Waals surface area contributed by atoms with E-state index >= 15 is 0 Å². The molecule has 6 heteroatoms. The molecule has 4 nitrogen and oxygen atoms in total. The van der Waals surface area contributed by atoms with Gasteiger partial charge in [0.1, 0.15) is 0 Å². The van der Waals surface area contributed by atoms with Gasteiger partial charge < -0.3 is 15.4 Å². The van der Waals surface area contributed by atoms with Gasteiger partial charge in [-0.05, 0) is 37.1 Å². The number of carbonyl (C=O) groups is 1. The maximum atomic E-state index is 11.9. The highest BCUT2D eigenvalue weighted by Gasteiger charge is 2.22. The lowest BCUT2D eigenvalue weighted by Crippen LogP contribution is -2.42. The normalized spacial score (nSPS) is 19.2. The van der Waals surface area contributed by atoms with Gasteiger partial charge in [0.05, 0.1) is 12.1 Å². The van der Waals surface area contributed by atoms with Crippen LogP contribution in [0.15, 0.2) is 24.3 Å². The van der Waals surface area contributed by atoms with Gasteiger partial charge in [0.15, 0.2) is 0 Å². The van der Waals surface area contributed by atoms with Crippen molar-refractivity contribution in [3.8, 4) is 0 Å². The van der Waals surface area contributed by atoms with Crippen LogP contribution < -0.4 is 10.6 Å². The van der Waals surface area contributed by atoms with Gasteiger partial charge in [-0.3, -0.25) is 4.79 Å². The molecule has 1 aliphatic heterocycles. The molecule has 2 N–H and O–H groups in total. The number of hydrogen-bond acceptors (Lipinski definition) is 3. The summed E-state index contributed by atoms with van der Waals surface area (Å²) in [5.74, 6) is 0.0495. The molecular formula is C14H20Cl2N2O2. The molecule has 20 heavy (non-hydrogen) atoms. The molecule has 1 aromatic carbocycles. The van der Waals surface area contributed by atoms with Gasteiger partial charge in [0, 0.05) is 18.7 Å². The molecule has 1 heterocycles. The number of hydrogen-bond donors (Lipinski definition) is 2. The number of methoxy groups -OCH3 is 1. The number of carbonyl (C=O) groups excluding carboxylic acids is 1. The zero-order valence-corrected chi connectivity index (χ0v) is 13.0. The minimum Gasteiger partial charge on any atom is -0.375 e. The Morgan fingerprint density at radius 2 is 2.20 bits per heavy atom. The van der Waals surface area contributed by atoms with E-state index in [0.29, 0.717) is 11.6 Å². The Kier molecular flexibility index (Phi) is 7.30. The Morgan fingerprint density at radius 1 is 1.50 bits per heavy atom. The second kappa shape index (κ2) is 8.47. The minimum absolute atomic E-state index is 0. The Morgan fingerprint density at radius 3 is 2.75 bits per heavy atom. The van der Waals surface area contributed by atoms with Crippen molar-refractivity contribution in [1.82, 2.24) is 10.6 Å². The van der Waals surface area contributed by atoms with Crippen LogP contribution in [0.2, 0.25) is 5.02 Å². The summed E-state index contributed by atoms with van der Waals surface area (Å²) >= 11 is 5.85. The minimum atomic E-state index is -0.150. The molecule has 0 saturated carbocycles. The number of rotatable bonds is 5. The van der Waals surface area contributed by atoms with E-state index in [4.69, 9.17) is 16.3 Å². The number of amides is 1. The van der Waals surface area contributed by atoms with Crippen LogP contribution in [0.5, 0.6) is 0 Å². The van der Waals surface area contributed by atoms with Gasteiger partial charge in [0.2, 0.25) is 5.91 Å². The van der Waals surface area contributed by atoms with Crippen LogP contribution in [-0.2, 0) is 9.53 Å². The molecule has 1 saturated heterocycles. The molecule has 1 aliphatic rings. The highest BCUT2D eigenvalue weighted by molar-refractivity contribution is 6.30. The van der Waals surface area contributed by atoms with Crippen LogP contribution in [0.4, 0.5) is 0 Å². The zero-order valence-electron chi connectivity index (χ0n) is 11.4. The Hall–Kier alpha value is -0.810. The molecule has 0 aliphatic carbocycles. The van der Waals surface area contributed by atoms with Crippen LogP contribution in [0.3, 0.4) is 0 Å². The molecular weight excluding hydrogens is 299 g/mol. The number of halogens is 2. The molecule has 2 rings (SSSR count). The first kappa shape index (κ1) is 17.2. The first-order valence-electron chi connectivity index (χ1n) is 6.50. The van der Waals surface area contributed by atoms with E-state index in [-0.39, 0.29) is 30.5 Å². The first-order chi connectivity index (χ1) is 9.20. The van der Waals surface area contributed by atoms with Gasteiger partial charge in [-0.2, -0.15) is 0 Å². The largest absolute Gasteiger partial charge is 0.375 e. The van der Waals surface area contributed by atoms with Crippen molar-refractivity contribution in [3.05, 3.63) is 34.9 Å². The molecule has 1 aromatic rings. The van der Waals surface area contributed by atoms with Gasteiger partial charge >= 0.3 is 0 Å². The second-order valence-electron chi connectivity index (χ2n) is 4.67. The predicted octanol–water partition coefficient (Wildman–Crippen LogP) is 2.32. The third-order valence-corrected chi connectivity index (χ3v) is 3.62. The molecule has 112 valence electrons. The van der Waals surface area contributed by atoms with Crippen molar-refractivity contribution < 1.29 is 9.53 Å². The summed E-state index contributed by atoms with van der Waals surface area (Å²) in [6, 6.07) is 7.42. The maximum absolute atomic E-state index is 11.9. The van der Waals surface area contributed by atoms with Crippen LogP contribution >= 0.6 is 24.0 Å². The SMILES string of the molecule is COC(CNC(=O)C1CCCN1)c1ccc(Cl)cc1.Cl. The maximum Gasteiger partial charge on any atom is 0.237 e. The molecule has 1 amide bonds. The third-order valence-electron chi connectivity index (χ3n) is 3.36. The lowest BCUT2D eigenvalue weighted by atomic mass is 10.1. The van der Waals surface area contributed by atoms with Crippen molar-refractivity contribution in [1.29, 1.82) is 0 Å². The van der Waals surface area contributed by atoms with Crippen LogP contribution in [0.1, 0.15) is 24.5 Å². The highest BCUT2D eigenvalue weighted by Crippen LogP contribution is 2.18. The molecule has 1 fully saturated rings. The Labute approximate surface area is 130 Å². The van der Waals surface area contributed by atoms with Crippen molar-refractivity contribution in [2.75, 3.05) is 20.2 Å². The summed E-state index contributed by atoms with van der Waals surface area (Å²) in [5, 5.41) is 6.80. The van der Waals surface area contributed by atoms with Crippen LogP contribution in [0.25, 0.3) is 0 Å². The average Bonchev–Trinajstić information content (AvgIpc) is 2.95. The Bertz CT molecular complexity index is 420. The van der Waals surface area contributed by atoms with E-state index < -0.39 is 0 Å². The standard InChI is InChI=1S/C14H19ClN2O2.ClH/c1-19-13(10-4-6-11(15)7-5-10)9-17-14(18)12-3-2-8-16-12;/h4-7,12-13,16H,2-3,8-9H2,1H3,(H,17,18);1H. The van der Waals surface area contributed by atoms with Gasteiger partial charge in [-0.25, -0.2) is 0 Å². The monoisotopic (exact) mass is 318 g/mol. The van der Waals surface area contributed by atoms with Gasteiger partial charge in [0.25, 0.3) is 0 Å². The molecule has 2 atom stereocenters. The van der Waals surface area contributed by atoms with Gasteiger partial charge in [-0.15, -0.1) is 12.4 Å². The summed E-state index contributed by atoms with van der Waals surface area (Å²) < 4.78 is 5.41. The lowest BCUT2D eigenvalue weighted by molar-refractivity contribution is -0.123. The number of ether oxygens (including phenoxy) is 1. The smallest absolute Gasteiger partial charge is 0.237 e. The van der Waals surface area contributed by atoms with E-state index in [2.05, 4.69) is 10.6 Å². The highest BCUT2D eigenvalue weighted by atomic mass is 35.5. The summed E-state index contributed by atoms with van der Waals surface area (Å²) in [6.45, 7) is 1.39. The average molecular weight is 319 g/mol. The van der Waals surface area contributed by atoms with Crippen molar-refractivity contribution in [2.45, 2.75) is 25.0 Å². The van der Waals surface area contributed by atoms with E-state index in [9.17, 15) is 4.79 Å². The van der Waals surface area contributed by atoms with Crippen LogP contribution in [0, 0.1) is 0 Å². The predicted molar refractivity (Wildman–Crippen MR) is 82.5 cm³/mol. The van der Waals surface area contributed by atoms with E-state index in [0.717, 1.165) is 24.9 Å². The van der Waals surface area contributed by atoms with Gasteiger partial charge in [-0.1, -0.05) is 23.7 Å². The van der Waals surface area contributed by atoms with Crippen molar-refractivity contribution >= 4 is 29.9 Å². The number of nitrogens with one attached hydrogen (secondary N) is 2. The Balaban J connectivity index is 0.00000200. The van der Waals surface area contributed by atoms with Crippen LogP contribution in [-0.4, -0.2) is 32.1 Å². The second-order valence-corrected chi connectivity index (χ2v) is 5.11. The van der Waals surface area contributed by atoms with E-state index in [1.807, 2.05) is 24.3 Å².